The maximum atomic E-state index is 13.4. The van der Waals surface area contributed by atoms with Gasteiger partial charge in [0.1, 0.15) is 11.6 Å². The van der Waals surface area contributed by atoms with Crippen LogP contribution >= 0.6 is 11.6 Å². The summed E-state index contributed by atoms with van der Waals surface area (Å²) >= 11 is 7.03. The lowest BCUT2D eigenvalue weighted by Gasteiger charge is -2.22. The minimum absolute atomic E-state index is 0.145. The number of imidazole rings is 1. The van der Waals surface area contributed by atoms with E-state index in [4.69, 9.17) is 22.3 Å². The molecule has 2 aromatic heterocycles. The zero-order valence-electron chi connectivity index (χ0n) is 19.9. The van der Waals surface area contributed by atoms with Crippen LogP contribution in [0.25, 0.3) is 10.9 Å². The quantitative estimate of drug-likeness (QED) is 0.375. The van der Waals surface area contributed by atoms with Crippen LogP contribution in [0.4, 0.5) is 4.39 Å². The molecule has 0 radical (unpaired) electrons. The van der Waals surface area contributed by atoms with E-state index in [1.165, 1.54) is 12.1 Å². The molecule has 0 saturated heterocycles. The Morgan fingerprint density at radius 2 is 1.97 bits per heavy atom. The molecule has 0 saturated carbocycles. The van der Waals surface area contributed by atoms with Crippen molar-refractivity contribution < 1.29 is 4.39 Å². The summed E-state index contributed by atoms with van der Waals surface area (Å²) in [6.45, 7) is 4.04. The first-order valence-electron chi connectivity index (χ1n) is 11.3. The number of rotatable bonds is 7. The minimum Gasteiger partial charge on any atom is -0.403 e. The number of halogens is 2. The van der Waals surface area contributed by atoms with Gasteiger partial charge in [0, 0.05) is 49.7 Å². The Morgan fingerprint density at radius 1 is 1.24 bits per heavy atom. The van der Waals surface area contributed by atoms with Crippen molar-refractivity contribution in [3.8, 4) is 0 Å². The fourth-order valence-corrected chi connectivity index (χ4v) is 4.74. The number of hydrogen-bond acceptors (Lipinski definition) is 4. The Morgan fingerprint density at radius 3 is 2.56 bits per heavy atom. The van der Waals surface area contributed by atoms with E-state index < -0.39 is 0 Å². The summed E-state index contributed by atoms with van der Waals surface area (Å²) in [6, 6.07) is 12.7. The van der Waals surface area contributed by atoms with Crippen LogP contribution in [0.3, 0.4) is 0 Å². The standard InChI is InChI=1S/C27H29ClFN5/c1-5-22-20(12-17-6-9-19(29)10-7-17)27(28)21-13-18(8-11-23(21)33-22)26(24(14-30)31-3)25-15-32-16(2)34(25)4/h6-11,13-15,26,31H,5,12,30H2,1-4H3/b24-14-. The number of pyridine rings is 1. The van der Waals surface area contributed by atoms with E-state index in [1.807, 2.05) is 33.3 Å². The average Bonchev–Trinajstić information content (AvgIpc) is 3.17. The molecule has 0 bridgehead atoms. The van der Waals surface area contributed by atoms with Crippen LogP contribution in [0.1, 0.15) is 46.7 Å². The molecule has 0 aliphatic carbocycles. The smallest absolute Gasteiger partial charge is 0.123 e. The molecule has 0 aliphatic rings. The van der Waals surface area contributed by atoms with Gasteiger partial charge in [-0.05, 0) is 54.3 Å². The second kappa shape index (κ2) is 9.85. The molecule has 176 valence electrons. The van der Waals surface area contributed by atoms with Gasteiger partial charge in [-0.15, -0.1) is 0 Å². The number of hydrogen-bond donors (Lipinski definition) is 2. The first-order chi connectivity index (χ1) is 16.4. The number of nitrogens with zero attached hydrogens (tertiary/aromatic N) is 3. The zero-order valence-corrected chi connectivity index (χ0v) is 20.6. The fourth-order valence-electron chi connectivity index (χ4n) is 4.41. The largest absolute Gasteiger partial charge is 0.403 e. The van der Waals surface area contributed by atoms with Crippen molar-refractivity contribution in [2.75, 3.05) is 7.05 Å². The third-order valence-corrected chi connectivity index (χ3v) is 6.85. The van der Waals surface area contributed by atoms with Crippen LogP contribution in [-0.4, -0.2) is 21.6 Å². The van der Waals surface area contributed by atoms with E-state index in [-0.39, 0.29) is 11.7 Å². The summed E-state index contributed by atoms with van der Waals surface area (Å²) in [4.78, 5) is 9.40. The second-order valence-electron chi connectivity index (χ2n) is 8.38. The highest BCUT2D eigenvalue weighted by Crippen LogP contribution is 2.36. The van der Waals surface area contributed by atoms with E-state index in [1.54, 1.807) is 18.3 Å². The second-order valence-corrected chi connectivity index (χ2v) is 8.76. The molecule has 4 rings (SSSR count). The third-order valence-electron chi connectivity index (χ3n) is 6.42. The molecule has 1 unspecified atom stereocenters. The molecule has 2 heterocycles. The predicted molar refractivity (Wildman–Crippen MR) is 136 cm³/mol. The Kier molecular flexibility index (Phi) is 6.89. The molecule has 4 aromatic rings. The van der Waals surface area contributed by atoms with Gasteiger partial charge in [-0.2, -0.15) is 0 Å². The molecule has 34 heavy (non-hydrogen) atoms. The number of allylic oxidation sites excluding steroid dienone is 1. The van der Waals surface area contributed by atoms with Gasteiger partial charge in [0.25, 0.3) is 0 Å². The van der Waals surface area contributed by atoms with Crippen molar-refractivity contribution in [2.45, 2.75) is 32.6 Å². The van der Waals surface area contributed by atoms with Crippen molar-refractivity contribution in [3.05, 3.63) is 105 Å². The summed E-state index contributed by atoms with van der Waals surface area (Å²) in [5, 5.41) is 4.79. The summed E-state index contributed by atoms with van der Waals surface area (Å²) in [7, 11) is 3.86. The lowest BCUT2D eigenvalue weighted by atomic mass is 9.90. The molecule has 3 N–H and O–H groups in total. The number of likely N-dealkylation sites (N-methyl/N-ethyl adjacent to an activating group) is 1. The van der Waals surface area contributed by atoms with E-state index in [0.717, 1.165) is 56.9 Å². The molecular weight excluding hydrogens is 449 g/mol. The summed E-state index contributed by atoms with van der Waals surface area (Å²) in [6.07, 6.45) is 4.82. The minimum atomic E-state index is -0.253. The number of nitrogens with one attached hydrogen (secondary N) is 1. The number of fused-ring (bicyclic) bond motifs is 1. The highest BCUT2D eigenvalue weighted by Gasteiger charge is 2.24. The first kappa shape index (κ1) is 23.8. The number of nitrogens with two attached hydrogens (primary N) is 1. The Bertz CT molecular complexity index is 1360. The predicted octanol–water partition coefficient (Wildman–Crippen LogP) is 5.37. The summed E-state index contributed by atoms with van der Waals surface area (Å²) in [5.74, 6) is 0.520. The molecule has 5 nitrogen and oxygen atoms in total. The Balaban J connectivity index is 1.88. The van der Waals surface area contributed by atoms with E-state index >= 15 is 0 Å². The maximum absolute atomic E-state index is 13.4. The van der Waals surface area contributed by atoms with E-state index in [9.17, 15) is 4.39 Å². The molecule has 0 amide bonds. The molecule has 0 spiro atoms. The van der Waals surface area contributed by atoms with Gasteiger partial charge < -0.3 is 15.6 Å². The van der Waals surface area contributed by atoms with Crippen LogP contribution in [-0.2, 0) is 19.9 Å². The molecule has 2 aromatic carbocycles. The van der Waals surface area contributed by atoms with E-state index in [0.29, 0.717) is 11.4 Å². The molecule has 0 fully saturated rings. The normalized spacial score (nSPS) is 12.8. The van der Waals surface area contributed by atoms with Crippen LogP contribution in [0.2, 0.25) is 5.02 Å². The summed E-state index contributed by atoms with van der Waals surface area (Å²) in [5.41, 5.74) is 12.7. The third kappa shape index (κ3) is 4.38. The Labute approximate surface area is 204 Å². The van der Waals surface area contributed by atoms with Crippen molar-refractivity contribution >= 4 is 22.5 Å². The topological polar surface area (TPSA) is 68.8 Å². The summed E-state index contributed by atoms with van der Waals surface area (Å²) < 4.78 is 15.5. The zero-order chi connectivity index (χ0) is 24.4. The number of aromatic nitrogens is 3. The van der Waals surface area contributed by atoms with Crippen LogP contribution in [0.5, 0.6) is 0 Å². The van der Waals surface area contributed by atoms with Crippen molar-refractivity contribution in [3.63, 3.8) is 0 Å². The van der Waals surface area contributed by atoms with Gasteiger partial charge in [-0.25, -0.2) is 9.37 Å². The lowest BCUT2D eigenvalue weighted by Crippen LogP contribution is -2.20. The number of benzene rings is 2. The SMILES string of the molecule is CCc1nc2ccc(C(/C(=C/N)NC)c3cnc(C)n3C)cc2c(Cl)c1Cc1ccc(F)cc1. The van der Waals surface area contributed by atoms with Gasteiger partial charge in [-0.3, -0.25) is 4.98 Å². The van der Waals surface area contributed by atoms with Gasteiger partial charge >= 0.3 is 0 Å². The van der Waals surface area contributed by atoms with E-state index in [2.05, 4.69) is 33.9 Å². The van der Waals surface area contributed by atoms with Crippen molar-refractivity contribution in [1.82, 2.24) is 19.9 Å². The van der Waals surface area contributed by atoms with Crippen LogP contribution in [0, 0.1) is 12.7 Å². The molecule has 0 aliphatic heterocycles. The lowest BCUT2D eigenvalue weighted by molar-refractivity contribution is 0.627. The first-order valence-corrected chi connectivity index (χ1v) is 11.7. The monoisotopic (exact) mass is 477 g/mol. The Hall–Kier alpha value is -3.38. The van der Waals surface area contributed by atoms with Crippen molar-refractivity contribution in [1.29, 1.82) is 0 Å². The van der Waals surface area contributed by atoms with Gasteiger partial charge in [0.2, 0.25) is 0 Å². The molecule has 7 heteroatoms. The van der Waals surface area contributed by atoms with Crippen LogP contribution < -0.4 is 11.1 Å². The molecular formula is C27H29ClFN5. The van der Waals surface area contributed by atoms with Crippen molar-refractivity contribution in [2.24, 2.45) is 12.8 Å². The fraction of sp³-hybridized carbons (Fsp3) is 0.259. The molecule has 1 atom stereocenters. The van der Waals surface area contributed by atoms with Crippen LogP contribution in [0.15, 0.2) is 60.6 Å². The highest BCUT2D eigenvalue weighted by molar-refractivity contribution is 6.36. The van der Waals surface area contributed by atoms with Gasteiger partial charge in [0.05, 0.1) is 22.2 Å². The average molecular weight is 478 g/mol. The highest BCUT2D eigenvalue weighted by atomic mass is 35.5. The maximum Gasteiger partial charge on any atom is 0.123 e. The number of aryl methyl sites for hydroxylation is 2. The van der Waals surface area contributed by atoms with Gasteiger partial charge in [-0.1, -0.05) is 36.7 Å². The van der Waals surface area contributed by atoms with Gasteiger partial charge in [0.15, 0.2) is 0 Å².